The minimum absolute atomic E-state index is 0.0251. The van der Waals surface area contributed by atoms with Crippen LogP contribution in [0.1, 0.15) is 63.1 Å². The number of nitrogens with zero attached hydrogens (tertiary/aromatic N) is 2. The maximum Gasteiger partial charge on any atom is 0.238 e. The van der Waals surface area contributed by atoms with E-state index in [9.17, 15) is 10.1 Å². The Balaban J connectivity index is 1.95. The topological polar surface area (TPSA) is 88.7 Å². The van der Waals surface area contributed by atoms with Crippen molar-refractivity contribution in [1.82, 2.24) is 10.6 Å². The highest BCUT2D eigenvalue weighted by Crippen LogP contribution is 2.27. The summed E-state index contributed by atoms with van der Waals surface area (Å²) in [6.45, 7) is 3.79. The fraction of sp³-hybridized carbons (Fsp3) is 0.526. The molecule has 0 bridgehead atoms. The molecule has 2 N–H and O–H groups in total. The molecule has 1 aromatic rings. The van der Waals surface area contributed by atoms with Gasteiger partial charge in [-0.2, -0.15) is 10.5 Å². The molecule has 126 valence electrons. The molecule has 0 aliphatic heterocycles. The number of rotatable bonds is 5. The van der Waals surface area contributed by atoms with Crippen LogP contribution in [0.5, 0.6) is 0 Å². The Labute approximate surface area is 143 Å². The van der Waals surface area contributed by atoms with Crippen molar-refractivity contribution in [2.75, 3.05) is 0 Å². The summed E-state index contributed by atoms with van der Waals surface area (Å²) >= 11 is 0. The summed E-state index contributed by atoms with van der Waals surface area (Å²) in [4.78, 5) is 12.5. The van der Waals surface area contributed by atoms with Gasteiger partial charge >= 0.3 is 0 Å². The predicted molar refractivity (Wildman–Crippen MR) is 91.7 cm³/mol. The molecule has 24 heavy (non-hydrogen) atoms. The van der Waals surface area contributed by atoms with Crippen LogP contribution in [0.3, 0.4) is 0 Å². The van der Waals surface area contributed by atoms with Gasteiger partial charge in [0.2, 0.25) is 5.91 Å². The highest BCUT2D eigenvalue weighted by atomic mass is 16.2. The summed E-state index contributed by atoms with van der Waals surface area (Å²) in [5.74, 6) is -0.140. The monoisotopic (exact) mass is 324 g/mol. The lowest BCUT2D eigenvalue weighted by atomic mass is 9.82. The summed E-state index contributed by atoms with van der Waals surface area (Å²) in [6.07, 6.45) is 4.55. The Hall–Kier alpha value is -2.37. The Morgan fingerprint density at radius 1 is 1.12 bits per heavy atom. The highest BCUT2D eigenvalue weighted by Gasteiger charge is 2.34. The minimum Gasteiger partial charge on any atom is -0.336 e. The Morgan fingerprint density at radius 3 is 2.29 bits per heavy atom. The van der Waals surface area contributed by atoms with E-state index < -0.39 is 11.6 Å². The van der Waals surface area contributed by atoms with E-state index in [0.717, 1.165) is 37.7 Å². The molecule has 1 aromatic carbocycles. The van der Waals surface area contributed by atoms with Crippen LogP contribution in [0.4, 0.5) is 0 Å². The van der Waals surface area contributed by atoms with Crippen molar-refractivity contribution < 1.29 is 4.79 Å². The van der Waals surface area contributed by atoms with Crippen LogP contribution in [0, 0.1) is 22.7 Å². The molecule has 0 radical (unpaired) electrons. The number of hydrogen-bond acceptors (Lipinski definition) is 4. The number of hydrogen-bond donors (Lipinski definition) is 2. The second-order valence-electron chi connectivity index (χ2n) is 6.59. The first kappa shape index (κ1) is 18.0. The summed E-state index contributed by atoms with van der Waals surface area (Å²) in [7, 11) is 0. The van der Waals surface area contributed by atoms with E-state index in [1.807, 2.05) is 26.0 Å². The third kappa shape index (κ3) is 4.34. The highest BCUT2D eigenvalue weighted by molar-refractivity contribution is 5.82. The number of carbonyl (C=O) groups excluding carboxylic acids is 1. The first-order valence-corrected chi connectivity index (χ1v) is 8.49. The van der Waals surface area contributed by atoms with Crippen molar-refractivity contribution in [2.24, 2.45) is 0 Å². The largest absolute Gasteiger partial charge is 0.336 e. The van der Waals surface area contributed by atoms with Crippen LogP contribution in [0.25, 0.3) is 0 Å². The van der Waals surface area contributed by atoms with E-state index in [2.05, 4.69) is 22.8 Å². The zero-order valence-electron chi connectivity index (χ0n) is 14.3. The van der Waals surface area contributed by atoms with Crippen molar-refractivity contribution in [2.45, 2.75) is 63.6 Å². The van der Waals surface area contributed by atoms with E-state index in [1.165, 1.54) is 0 Å². The maximum atomic E-state index is 12.5. The average molecular weight is 324 g/mol. The van der Waals surface area contributed by atoms with Crippen molar-refractivity contribution in [3.63, 3.8) is 0 Å². The first-order valence-electron chi connectivity index (χ1n) is 8.49. The molecule has 0 heterocycles. The van der Waals surface area contributed by atoms with Gasteiger partial charge < -0.3 is 5.32 Å². The number of nitriles is 2. The smallest absolute Gasteiger partial charge is 0.238 e. The van der Waals surface area contributed by atoms with Gasteiger partial charge in [0.05, 0.1) is 23.7 Å². The second kappa shape index (κ2) is 7.95. The fourth-order valence-corrected chi connectivity index (χ4v) is 3.16. The third-order valence-corrected chi connectivity index (χ3v) is 4.72. The van der Waals surface area contributed by atoms with Gasteiger partial charge in [0.25, 0.3) is 0 Å². The molecule has 5 nitrogen and oxygen atoms in total. The predicted octanol–water partition coefficient (Wildman–Crippen LogP) is 2.94. The molecule has 0 unspecified atom stereocenters. The van der Waals surface area contributed by atoms with Gasteiger partial charge in [0.1, 0.15) is 5.54 Å². The quantitative estimate of drug-likeness (QED) is 0.871. The lowest BCUT2D eigenvalue weighted by molar-refractivity contribution is -0.124. The molecule has 1 aliphatic rings. The molecule has 1 amide bonds. The Bertz CT molecular complexity index is 647. The van der Waals surface area contributed by atoms with Crippen molar-refractivity contribution >= 4 is 5.91 Å². The van der Waals surface area contributed by atoms with E-state index in [1.54, 1.807) is 12.1 Å². The van der Waals surface area contributed by atoms with Crippen LogP contribution in [0.15, 0.2) is 24.3 Å². The van der Waals surface area contributed by atoms with Gasteiger partial charge in [-0.1, -0.05) is 31.4 Å². The molecule has 0 spiro atoms. The average Bonchev–Trinajstić information content (AvgIpc) is 2.62. The molecule has 2 rings (SSSR count). The van der Waals surface area contributed by atoms with E-state index >= 15 is 0 Å². The van der Waals surface area contributed by atoms with Gasteiger partial charge in [-0.25, -0.2) is 0 Å². The zero-order valence-corrected chi connectivity index (χ0v) is 14.3. The number of nitrogens with one attached hydrogen (secondary N) is 2. The molecule has 1 saturated carbocycles. The lowest BCUT2D eigenvalue weighted by Crippen LogP contribution is -2.54. The standard InChI is InChI=1S/C19H24N4O/c1-14(17-8-6-16(12-20)7-9-17)22-15(2)18(24)23-19(13-21)10-4-3-5-11-19/h6-9,14-15,22H,3-5,10-11H2,1-2H3,(H,23,24)/t14-,15+/m1/s1. The molecule has 2 atom stereocenters. The van der Waals surface area contributed by atoms with Crippen molar-refractivity contribution in [3.05, 3.63) is 35.4 Å². The Morgan fingerprint density at radius 2 is 1.75 bits per heavy atom. The minimum atomic E-state index is -0.705. The zero-order chi connectivity index (χ0) is 17.6. The summed E-state index contributed by atoms with van der Waals surface area (Å²) in [6, 6.07) is 11.3. The molecule has 5 heteroatoms. The van der Waals surface area contributed by atoms with Crippen LogP contribution in [0.2, 0.25) is 0 Å². The summed E-state index contributed by atoms with van der Waals surface area (Å²) < 4.78 is 0. The second-order valence-corrected chi connectivity index (χ2v) is 6.59. The molecule has 0 saturated heterocycles. The summed E-state index contributed by atoms with van der Waals surface area (Å²) in [5.41, 5.74) is 0.925. The number of benzene rings is 1. The third-order valence-electron chi connectivity index (χ3n) is 4.72. The van der Waals surface area contributed by atoms with Crippen molar-refractivity contribution in [3.8, 4) is 12.1 Å². The first-order chi connectivity index (χ1) is 11.5. The SMILES string of the molecule is C[C@H](N[C@H](C)c1ccc(C#N)cc1)C(=O)NC1(C#N)CCCCC1. The van der Waals surface area contributed by atoms with Gasteiger partial charge in [0.15, 0.2) is 0 Å². The molecular weight excluding hydrogens is 300 g/mol. The van der Waals surface area contributed by atoms with Crippen molar-refractivity contribution in [1.29, 1.82) is 10.5 Å². The van der Waals surface area contributed by atoms with Gasteiger partial charge in [-0.3, -0.25) is 10.1 Å². The van der Waals surface area contributed by atoms with Crippen LogP contribution in [-0.2, 0) is 4.79 Å². The van der Waals surface area contributed by atoms with E-state index in [0.29, 0.717) is 5.56 Å². The molecule has 1 aliphatic carbocycles. The van der Waals surface area contributed by atoms with Gasteiger partial charge in [-0.15, -0.1) is 0 Å². The fourth-order valence-electron chi connectivity index (χ4n) is 3.16. The maximum absolute atomic E-state index is 12.5. The number of carbonyl (C=O) groups is 1. The molecule has 0 aromatic heterocycles. The van der Waals surface area contributed by atoms with Crippen LogP contribution in [-0.4, -0.2) is 17.5 Å². The van der Waals surface area contributed by atoms with Crippen LogP contribution >= 0.6 is 0 Å². The normalized spacial score (nSPS) is 18.7. The molecular formula is C19H24N4O. The number of amides is 1. The summed E-state index contributed by atoms with van der Waals surface area (Å²) in [5, 5.41) is 24.5. The lowest BCUT2D eigenvalue weighted by Gasteiger charge is -2.33. The van der Waals surface area contributed by atoms with E-state index in [-0.39, 0.29) is 11.9 Å². The van der Waals surface area contributed by atoms with Gasteiger partial charge in [0, 0.05) is 6.04 Å². The Kier molecular flexibility index (Phi) is 5.95. The van der Waals surface area contributed by atoms with Gasteiger partial charge in [-0.05, 0) is 44.4 Å². The van der Waals surface area contributed by atoms with E-state index in [4.69, 9.17) is 5.26 Å². The van der Waals surface area contributed by atoms with Crippen LogP contribution < -0.4 is 10.6 Å². The molecule has 1 fully saturated rings.